The van der Waals surface area contributed by atoms with Crippen LogP contribution in [-0.4, -0.2) is 16.1 Å². The fourth-order valence-electron chi connectivity index (χ4n) is 1.73. The van der Waals surface area contributed by atoms with Crippen molar-refractivity contribution in [3.8, 4) is 5.75 Å². The average molecular weight is 266 g/mol. The van der Waals surface area contributed by atoms with Crippen molar-refractivity contribution < 1.29 is 18.3 Å². The van der Waals surface area contributed by atoms with E-state index in [1.54, 1.807) is 17.8 Å². The molecule has 0 amide bonds. The fraction of sp³-hybridized carbons (Fsp3) is 0.231. The lowest BCUT2D eigenvalue weighted by Crippen LogP contribution is -2.05. The van der Waals surface area contributed by atoms with E-state index >= 15 is 0 Å². The van der Waals surface area contributed by atoms with Crippen molar-refractivity contribution in [3.63, 3.8) is 0 Å². The van der Waals surface area contributed by atoms with Gasteiger partial charge in [-0.15, -0.1) is 0 Å². The van der Waals surface area contributed by atoms with Crippen LogP contribution in [0, 0.1) is 18.6 Å². The number of aldehydes is 1. The molecule has 0 aliphatic heterocycles. The first-order valence-corrected chi connectivity index (χ1v) is 5.58. The lowest BCUT2D eigenvalue weighted by Gasteiger charge is -2.08. The summed E-state index contributed by atoms with van der Waals surface area (Å²) >= 11 is 0. The topological polar surface area (TPSA) is 44.1 Å². The molecule has 19 heavy (non-hydrogen) atoms. The molecule has 1 aromatic carbocycles. The van der Waals surface area contributed by atoms with Crippen LogP contribution in [-0.2, 0) is 13.7 Å². The third-order valence-electron chi connectivity index (χ3n) is 2.62. The zero-order valence-electron chi connectivity index (χ0n) is 10.5. The number of aromatic nitrogens is 2. The number of rotatable bonds is 4. The number of aryl methyl sites for hydroxylation is 2. The second-order valence-electron chi connectivity index (χ2n) is 4.12. The summed E-state index contributed by atoms with van der Waals surface area (Å²) in [5.74, 6) is -2.30. The van der Waals surface area contributed by atoms with Crippen LogP contribution in [0.3, 0.4) is 0 Å². The van der Waals surface area contributed by atoms with Crippen molar-refractivity contribution in [2.24, 2.45) is 7.05 Å². The van der Waals surface area contributed by atoms with E-state index in [9.17, 15) is 13.6 Å². The number of halogens is 2. The van der Waals surface area contributed by atoms with E-state index in [1.807, 2.05) is 6.92 Å². The van der Waals surface area contributed by atoms with Crippen LogP contribution in [0.5, 0.6) is 5.75 Å². The van der Waals surface area contributed by atoms with Gasteiger partial charge in [-0.3, -0.25) is 9.48 Å². The second-order valence-corrected chi connectivity index (χ2v) is 4.12. The Morgan fingerprint density at radius 2 is 1.95 bits per heavy atom. The summed E-state index contributed by atoms with van der Waals surface area (Å²) in [6.45, 7) is 1.80. The number of hydrogen-bond donors (Lipinski definition) is 0. The Morgan fingerprint density at radius 3 is 2.42 bits per heavy atom. The highest BCUT2D eigenvalue weighted by Crippen LogP contribution is 2.23. The SMILES string of the molecule is Cc1cc(COc2c(F)cc(C=O)cc2F)n(C)n1. The normalized spacial score (nSPS) is 10.5. The van der Waals surface area contributed by atoms with Crippen LogP contribution in [0.15, 0.2) is 18.2 Å². The minimum atomic E-state index is -0.902. The van der Waals surface area contributed by atoms with E-state index < -0.39 is 17.4 Å². The standard InChI is InChI=1S/C13H12F2N2O2/c1-8-3-10(17(2)16-8)7-19-13-11(14)4-9(6-18)5-12(13)15/h3-6H,7H2,1-2H3. The molecule has 0 aliphatic carbocycles. The minimum Gasteiger partial charge on any atom is -0.481 e. The molecule has 0 aliphatic rings. The van der Waals surface area contributed by atoms with Crippen LogP contribution in [0.1, 0.15) is 21.7 Å². The van der Waals surface area contributed by atoms with E-state index in [0.717, 1.165) is 17.8 Å². The molecule has 0 bridgehead atoms. The zero-order chi connectivity index (χ0) is 14.0. The fourth-order valence-corrected chi connectivity index (χ4v) is 1.73. The molecule has 0 saturated heterocycles. The Kier molecular flexibility index (Phi) is 3.59. The maximum absolute atomic E-state index is 13.6. The number of carbonyl (C=O) groups is 1. The summed E-state index contributed by atoms with van der Waals surface area (Å²) in [7, 11) is 1.72. The van der Waals surface area contributed by atoms with Crippen LogP contribution >= 0.6 is 0 Å². The number of benzene rings is 1. The van der Waals surface area contributed by atoms with Gasteiger partial charge in [0.25, 0.3) is 0 Å². The first-order valence-electron chi connectivity index (χ1n) is 5.58. The number of hydrogen-bond acceptors (Lipinski definition) is 3. The van der Waals surface area contributed by atoms with Gasteiger partial charge in [0.2, 0.25) is 0 Å². The smallest absolute Gasteiger partial charge is 0.191 e. The van der Waals surface area contributed by atoms with E-state index in [-0.39, 0.29) is 12.2 Å². The predicted molar refractivity (Wildman–Crippen MR) is 64.0 cm³/mol. The second kappa shape index (κ2) is 5.17. The molecular weight excluding hydrogens is 254 g/mol. The summed E-state index contributed by atoms with van der Waals surface area (Å²) in [5, 5.41) is 4.10. The van der Waals surface area contributed by atoms with Crippen molar-refractivity contribution in [1.82, 2.24) is 9.78 Å². The maximum Gasteiger partial charge on any atom is 0.191 e. The Morgan fingerprint density at radius 1 is 1.32 bits per heavy atom. The molecule has 4 nitrogen and oxygen atoms in total. The van der Waals surface area contributed by atoms with E-state index in [1.165, 1.54) is 0 Å². The minimum absolute atomic E-state index is 0.00832. The number of carbonyl (C=O) groups excluding carboxylic acids is 1. The predicted octanol–water partition coefficient (Wildman–Crippen LogP) is 2.40. The number of ether oxygens (including phenoxy) is 1. The van der Waals surface area contributed by atoms with Gasteiger partial charge in [0, 0.05) is 12.6 Å². The largest absolute Gasteiger partial charge is 0.481 e. The van der Waals surface area contributed by atoms with Crippen LogP contribution in [0.2, 0.25) is 0 Å². The maximum atomic E-state index is 13.6. The Balaban J connectivity index is 2.20. The first-order chi connectivity index (χ1) is 9.01. The van der Waals surface area contributed by atoms with Gasteiger partial charge < -0.3 is 4.74 Å². The van der Waals surface area contributed by atoms with Crippen molar-refractivity contribution in [2.45, 2.75) is 13.5 Å². The van der Waals surface area contributed by atoms with Gasteiger partial charge >= 0.3 is 0 Å². The molecule has 1 heterocycles. The monoisotopic (exact) mass is 266 g/mol. The van der Waals surface area contributed by atoms with Crippen molar-refractivity contribution >= 4 is 6.29 Å². The highest BCUT2D eigenvalue weighted by Gasteiger charge is 2.13. The van der Waals surface area contributed by atoms with Gasteiger partial charge in [-0.1, -0.05) is 0 Å². The molecule has 2 aromatic rings. The van der Waals surface area contributed by atoms with Gasteiger partial charge in [0.1, 0.15) is 12.9 Å². The summed E-state index contributed by atoms with van der Waals surface area (Å²) < 4.78 is 33.8. The van der Waals surface area contributed by atoms with Crippen LogP contribution in [0.4, 0.5) is 8.78 Å². The van der Waals surface area contributed by atoms with E-state index in [2.05, 4.69) is 5.10 Å². The molecule has 0 spiro atoms. The van der Waals surface area contributed by atoms with E-state index in [0.29, 0.717) is 12.0 Å². The molecule has 100 valence electrons. The van der Waals surface area contributed by atoms with Gasteiger partial charge in [-0.2, -0.15) is 5.10 Å². The van der Waals surface area contributed by atoms with Crippen molar-refractivity contribution in [2.75, 3.05) is 0 Å². The highest BCUT2D eigenvalue weighted by molar-refractivity contribution is 5.75. The first kappa shape index (κ1) is 13.2. The lowest BCUT2D eigenvalue weighted by molar-refractivity contribution is 0.112. The Hall–Kier alpha value is -2.24. The van der Waals surface area contributed by atoms with Crippen LogP contribution in [0.25, 0.3) is 0 Å². The van der Waals surface area contributed by atoms with E-state index in [4.69, 9.17) is 4.74 Å². The quantitative estimate of drug-likeness (QED) is 0.798. The zero-order valence-corrected chi connectivity index (χ0v) is 10.5. The Bertz CT molecular complexity index is 600. The molecule has 2 rings (SSSR count). The highest BCUT2D eigenvalue weighted by atomic mass is 19.1. The molecule has 1 aromatic heterocycles. The summed E-state index contributed by atoms with van der Waals surface area (Å²) in [6, 6.07) is 3.62. The van der Waals surface area contributed by atoms with Gasteiger partial charge in [0.15, 0.2) is 17.4 Å². The van der Waals surface area contributed by atoms with Gasteiger partial charge in [-0.05, 0) is 25.1 Å². The molecule has 0 N–H and O–H groups in total. The molecule has 0 atom stereocenters. The van der Waals surface area contributed by atoms with Gasteiger partial charge in [-0.25, -0.2) is 8.78 Å². The summed E-state index contributed by atoms with van der Waals surface area (Å²) in [6.07, 6.45) is 0.375. The third-order valence-corrected chi connectivity index (χ3v) is 2.62. The lowest BCUT2D eigenvalue weighted by atomic mass is 10.2. The molecule has 6 heteroatoms. The summed E-state index contributed by atoms with van der Waals surface area (Å²) in [4.78, 5) is 10.5. The Labute approximate surface area is 108 Å². The average Bonchev–Trinajstić information content (AvgIpc) is 2.66. The summed E-state index contributed by atoms with van der Waals surface area (Å²) in [5.41, 5.74) is 1.41. The van der Waals surface area contributed by atoms with Crippen molar-refractivity contribution in [1.29, 1.82) is 0 Å². The van der Waals surface area contributed by atoms with Crippen molar-refractivity contribution in [3.05, 3.63) is 46.8 Å². The molecular formula is C13H12F2N2O2. The van der Waals surface area contributed by atoms with Crippen LogP contribution < -0.4 is 4.74 Å². The molecule has 0 saturated carbocycles. The molecule has 0 radical (unpaired) electrons. The third kappa shape index (κ3) is 2.78. The molecule has 0 unspecified atom stereocenters. The molecule has 0 fully saturated rings. The number of nitrogens with zero attached hydrogens (tertiary/aromatic N) is 2. The van der Waals surface area contributed by atoms with Gasteiger partial charge in [0.05, 0.1) is 11.4 Å².